The maximum absolute atomic E-state index is 12.6. The molecule has 1 aromatic heterocycles. The van der Waals surface area contributed by atoms with Crippen LogP contribution in [0.5, 0.6) is 11.5 Å². The molecule has 0 fully saturated rings. The number of fused-ring (bicyclic) bond motifs is 1. The van der Waals surface area contributed by atoms with E-state index < -0.39 is 11.2 Å². The predicted molar refractivity (Wildman–Crippen MR) is 118 cm³/mol. The summed E-state index contributed by atoms with van der Waals surface area (Å²) in [5.74, 6) is 1.17. The summed E-state index contributed by atoms with van der Waals surface area (Å²) in [7, 11) is 0. The van der Waals surface area contributed by atoms with Gasteiger partial charge in [0.15, 0.2) is 11.5 Å². The number of aromatic nitrogens is 2. The van der Waals surface area contributed by atoms with Crippen LogP contribution in [0.25, 0.3) is 10.9 Å². The molecular weight excluding hydrogens is 438 g/mol. The molecule has 0 saturated carbocycles. The van der Waals surface area contributed by atoms with E-state index in [0.29, 0.717) is 39.0 Å². The van der Waals surface area contributed by atoms with Gasteiger partial charge in [0, 0.05) is 0 Å². The maximum Gasteiger partial charge on any atom is 0.349 e. The number of para-hydroxylation sites is 1. The Labute approximate surface area is 176 Å². The Kier molecular flexibility index (Phi) is 6.53. The Balaban J connectivity index is 2.02. The molecule has 152 valence electrons. The molecule has 0 spiro atoms. The zero-order chi connectivity index (χ0) is 21.0. The molecule has 7 nitrogen and oxygen atoms in total. The third-order valence-electron chi connectivity index (χ3n) is 4.33. The first-order valence-corrected chi connectivity index (χ1v) is 10.1. The molecule has 0 aliphatic carbocycles. The van der Waals surface area contributed by atoms with Gasteiger partial charge in [-0.15, -0.1) is 4.68 Å². The lowest BCUT2D eigenvalue weighted by atomic mass is 10.2. The molecule has 1 atom stereocenters. The van der Waals surface area contributed by atoms with Crippen molar-refractivity contribution in [3.8, 4) is 11.5 Å². The number of benzene rings is 2. The van der Waals surface area contributed by atoms with Gasteiger partial charge in [-0.25, -0.2) is 4.79 Å². The van der Waals surface area contributed by atoms with E-state index in [2.05, 4.69) is 26.0 Å². The smallest absolute Gasteiger partial charge is 0.349 e. The van der Waals surface area contributed by atoms with E-state index in [0.717, 1.165) is 11.1 Å². The van der Waals surface area contributed by atoms with Crippen molar-refractivity contribution in [3.63, 3.8) is 0 Å². The zero-order valence-electron chi connectivity index (χ0n) is 16.4. The van der Waals surface area contributed by atoms with Crippen LogP contribution < -0.4 is 20.7 Å². The second-order valence-corrected chi connectivity index (χ2v) is 7.29. The lowest BCUT2D eigenvalue weighted by Crippen LogP contribution is -2.32. The van der Waals surface area contributed by atoms with Crippen LogP contribution in [0.15, 0.2) is 55.6 Å². The summed E-state index contributed by atoms with van der Waals surface area (Å²) in [5.41, 5.74) is 0.0327. The standard InChI is InChI=1S/C21H22BrN3O4/c1-4-13(3)29-19-16(22)10-14(11-18(19)28-5-2)12-23-25-20(26)15-8-6-7-9-17(15)24-21(25)27/h6-13H,4-5H2,1-3H3,(H,24,27). The number of aromatic amines is 1. The van der Waals surface area contributed by atoms with E-state index in [-0.39, 0.29) is 6.10 Å². The number of nitrogens with one attached hydrogen (secondary N) is 1. The minimum absolute atomic E-state index is 0.0276. The molecule has 0 amide bonds. The van der Waals surface area contributed by atoms with Gasteiger partial charge in [0.05, 0.1) is 34.3 Å². The largest absolute Gasteiger partial charge is 0.490 e. The Hall–Kier alpha value is -2.87. The van der Waals surface area contributed by atoms with Gasteiger partial charge in [0.2, 0.25) is 0 Å². The van der Waals surface area contributed by atoms with E-state index in [4.69, 9.17) is 9.47 Å². The molecule has 2 aromatic carbocycles. The highest BCUT2D eigenvalue weighted by atomic mass is 79.9. The second kappa shape index (κ2) is 9.09. The first kappa shape index (κ1) is 20.9. The molecule has 8 heteroatoms. The average molecular weight is 460 g/mol. The molecule has 3 rings (SSSR count). The SMILES string of the molecule is CCOc1cc(C=Nn2c(=O)[nH]c3ccccc3c2=O)cc(Br)c1OC(C)CC. The highest BCUT2D eigenvalue weighted by Gasteiger charge is 2.14. The summed E-state index contributed by atoms with van der Waals surface area (Å²) in [5, 5.41) is 4.48. The number of H-pyrrole nitrogens is 1. The molecular formula is C21H22BrN3O4. The third kappa shape index (κ3) is 4.59. The normalized spacial score (nSPS) is 12.4. The zero-order valence-corrected chi connectivity index (χ0v) is 18.0. The number of halogens is 1. The summed E-state index contributed by atoms with van der Waals surface area (Å²) in [6.45, 7) is 6.37. The lowest BCUT2D eigenvalue weighted by molar-refractivity contribution is 0.202. The van der Waals surface area contributed by atoms with Crippen molar-refractivity contribution in [2.24, 2.45) is 5.10 Å². The van der Waals surface area contributed by atoms with Crippen molar-refractivity contribution in [3.05, 3.63) is 67.3 Å². The van der Waals surface area contributed by atoms with Crippen molar-refractivity contribution >= 4 is 33.0 Å². The third-order valence-corrected chi connectivity index (χ3v) is 4.92. The van der Waals surface area contributed by atoms with Crippen LogP contribution in [0.3, 0.4) is 0 Å². The number of nitrogens with zero attached hydrogens (tertiary/aromatic N) is 2. The first-order valence-electron chi connectivity index (χ1n) is 9.36. The van der Waals surface area contributed by atoms with Gasteiger partial charge in [-0.1, -0.05) is 19.1 Å². The molecule has 29 heavy (non-hydrogen) atoms. The van der Waals surface area contributed by atoms with E-state index in [1.54, 1.807) is 36.4 Å². The van der Waals surface area contributed by atoms with Gasteiger partial charge < -0.3 is 14.5 Å². The van der Waals surface area contributed by atoms with Gasteiger partial charge in [-0.2, -0.15) is 5.10 Å². The monoisotopic (exact) mass is 459 g/mol. The van der Waals surface area contributed by atoms with Crippen molar-refractivity contribution in [1.82, 2.24) is 9.66 Å². The van der Waals surface area contributed by atoms with Crippen molar-refractivity contribution in [1.29, 1.82) is 0 Å². The molecule has 3 aromatic rings. The fourth-order valence-corrected chi connectivity index (χ4v) is 3.26. The van der Waals surface area contributed by atoms with Crippen LogP contribution in [0, 0.1) is 0 Å². The number of rotatable bonds is 7. The highest BCUT2D eigenvalue weighted by molar-refractivity contribution is 9.10. The van der Waals surface area contributed by atoms with Crippen LogP contribution in [0.4, 0.5) is 0 Å². The fraction of sp³-hybridized carbons (Fsp3) is 0.286. The van der Waals surface area contributed by atoms with Crippen molar-refractivity contribution in [2.45, 2.75) is 33.3 Å². The quantitative estimate of drug-likeness (QED) is 0.542. The topological polar surface area (TPSA) is 85.7 Å². The first-order chi connectivity index (χ1) is 13.9. The molecule has 0 radical (unpaired) electrons. The Morgan fingerprint density at radius 1 is 1.24 bits per heavy atom. The molecule has 0 saturated heterocycles. The maximum atomic E-state index is 12.6. The summed E-state index contributed by atoms with van der Waals surface area (Å²) in [4.78, 5) is 27.5. The Morgan fingerprint density at radius 2 is 2.00 bits per heavy atom. The van der Waals surface area contributed by atoms with E-state index in [1.165, 1.54) is 6.21 Å². The van der Waals surface area contributed by atoms with E-state index in [1.807, 2.05) is 20.8 Å². The van der Waals surface area contributed by atoms with Gasteiger partial charge >= 0.3 is 5.69 Å². The number of hydrogen-bond acceptors (Lipinski definition) is 5. The molecule has 0 aliphatic heterocycles. The van der Waals surface area contributed by atoms with E-state index in [9.17, 15) is 9.59 Å². The summed E-state index contributed by atoms with van der Waals surface area (Å²) < 4.78 is 13.2. The van der Waals surface area contributed by atoms with E-state index >= 15 is 0 Å². The number of hydrogen-bond donors (Lipinski definition) is 1. The van der Waals surface area contributed by atoms with Crippen molar-refractivity contribution < 1.29 is 9.47 Å². The second-order valence-electron chi connectivity index (χ2n) is 6.44. The number of ether oxygens (including phenoxy) is 2. The van der Waals surface area contributed by atoms with Crippen LogP contribution in [-0.2, 0) is 0 Å². The van der Waals surface area contributed by atoms with Gasteiger partial charge in [-0.05, 0) is 66.0 Å². The minimum atomic E-state index is -0.606. The Morgan fingerprint density at radius 3 is 2.72 bits per heavy atom. The average Bonchev–Trinajstić information content (AvgIpc) is 2.70. The predicted octanol–water partition coefficient (Wildman–Crippen LogP) is 3.91. The molecule has 1 heterocycles. The van der Waals surface area contributed by atoms with Gasteiger partial charge in [0.25, 0.3) is 5.56 Å². The minimum Gasteiger partial charge on any atom is -0.490 e. The van der Waals surface area contributed by atoms with Crippen LogP contribution in [0.1, 0.15) is 32.8 Å². The highest BCUT2D eigenvalue weighted by Crippen LogP contribution is 2.37. The van der Waals surface area contributed by atoms with Crippen molar-refractivity contribution in [2.75, 3.05) is 6.61 Å². The molecule has 1 unspecified atom stereocenters. The van der Waals surface area contributed by atoms with Gasteiger partial charge in [0.1, 0.15) is 0 Å². The molecule has 0 aliphatic rings. The van der Waals surface area contributed by atoms with Crippen LogP contribution in [-0.4, -0.2) is 28.6 Å². The summed E-state index contributed by atoms with van der Waals surface area (Å²) in [6, 6.07) is 10.4. The van der Waals surface area contributed by atoms with Crippen LogP contribution >= 0.6 is 15.9 Å². The summed E-state index contributed by atoms with van der Waals surface area (Å²) >= 11 is 3.51. The molecule has 1 N–H and O–H groups in total. The van der Waals surface area contributed by atoms with Gasteiger partial charge in [-0.3, -0.25) is 4.79 Å². The fourth-order valence-electron chi connectivity index (χ4n) is 2.71. The molecule has 0 bridgehead atoms. The van der Waals surface area contributed by atoms with Crippen LogP contribution in [0.2, 0.25) is 0 Å². The Bertz CT molecular complexity index is 1170. The lowest BCUT2D eigenvalue weighted by Gasteiger charge is -2.18. The summed E-state index contributed by atoms with van der Waals surface area (Å²) in [6.07, 6.45) is 2.32.